The van der Waals surface area contributed by atoms with E-state index in [9.17, 15) is 23.9 Å². The standard InChI is InChI=1S/C28H28ClFN8O4/c1-15-33-27-24(28(42)36(15)3)18(16-4-5-20(30)25(40)17(10-16)26(31)41)13-38(27)14-23(39)34-21-11-22(32-12-19(21)29)37-8-6-35(2)7-9-37/h10-13,16,40H,6-9,14H2,1-3H3,(H2,31,41)(H,32,34,39). The minimum Gasteiger partial charge on any atom is -0.504 e. The van der Waals surface area contributed by atoms with Gasteiger partial charge in [0.2, 0.25) is 11.7 Å². The Kier molecular flexibility index (Phi) is 7.77. The number of aliphatic hydroxyl groups is 1. The van der Waals surface area contributed by atoms with Crippen LogP contribution >= 0.6 is 11.6 Å². The molecule has 4 heterocycles. The van der Waals surface area contributed by atoms with E-state index in [-0.39, 0.29) is 28.2 Å². The number of likely N-dealkylation sites (N-methyl/N-ethyl adjacent to an activating group) is 1. The van der Waals surface area contributed by atoms with Crippen LogP contribution in [0.1, 0.15) is 17.3 Å². The van der Waals surface area contributed by atoms with Crippen LogP contribution in [-0.2, 0) is 23.2 Å². The van der Waals surface area contributed by atoms with Crippen molar-refractivity contribution in [1.82, 2.24) is 24.0 Å². The van der Waals surface area contributed by atoms with Gasteiger partial charge in [-0.2, -0.15) is 4.39 Å². The highest BCUT2D eigenvalue weighted by molar-refractivity contribution is 6.33. The third-order valence-electron chi connectivity index (χ3n) is 7.34. The molecular formula is C28H28ClFN8O4. The number of aryl methyl sites for hydroxylation is 1. The zero-order valence-corrected chi connectivity index (χ0v) is 23.9. The van der Waals surface area contributed by atoms with Crippen molar-refractivity contribution in [3.63, 3.8) is 0 Å². The Morgan fingerprint density at radius 1 is 1.26 bits per heavy atom. The first-order valence-corrected chi connectivity index (χ1v) is 13.4. The maximum Gasteiger partial charge on any atom is 0.263 e. The average Bonchev–Trinajstić information content (AvgIpc) is 3.21. The van der Waals surface area contributed by atoms with E-state index in [1.807, 2.05) is 0 Å². The summed E-state index contributed by atoms with van der Waals surface area (Å²) in [5.74, 6) is 1.11. The van der Waals surface area contributed by atoms with Gasteiger partial charge in [0.05, 0.1) is 33.8 Å². The second-order valence-corrected chi connectivity index (χ2v) is 10.6. The second kappa shape index (κ2) is 11.3. The molecular weight excluding hydrogens is 567 g/mol. The number of piperazine rings is 1. The number of primary amides is 1. The van der Waals surface area contributed by atoms with Crippen LogP contribution in [0, 0.1) is 18.8 Å². The zero-order chi connectivity index (χ0) is 30.3. The van der Waals surface area contributed by atoms with E-state index in [4.69, 9.17) is 17.3 Å². The number of nitrogens with two attached hydrogens (primary N) is 1. The van der Waals surface area contributed by atoms with Gasteiger partial charge in [0.15, 0.2) is 5.76 Å². The monoisotopic (exact) mass is 594 g/mol. The van der Waals surface area contributed by atoms with E-state index in [2.05, 4.69) is 44.0 Å². The summed E-state index contributed by atoms with van der Waals surface area (Å²) in [7, 11) is 3.59. The van der Waals surface area contributed by atoms with Gasteiger partial charge in [-0.3, -0.25) is 19.0 Å². The lowest BCUT2D eigenvalue weighted by molar-refractivity contribution is -0.117. The van der Waals surface area contributed by atoms with Gasteiger partial charge >= 0.3 is 0 Å². The lowest BCUT2D eigenvalue weighted by atomic mass is 9.97. The number of halogens is 2. The highest BCUT2D eigenvalue weighted by Gasteiger charge is 2.26. The molecule has 3 aromatic heterocycles. The molecule has 0 radical (unpaired) electrons. The molecule has 12 nitrogen and oxygen atoms in total. The third-order valence-corrected chi connectivity index (χ3v) is 7.64. The molecule has 0 spiro atoms. The van der Waals surface area contributed by atoms with Crippen molar-refractivity contribution in [2.75, 3.05) is 43.4 Å². The van der Waals surface area contributed by atoms with Gasteiger partial charge in [-0.15, -0.1) is 0 Å². The lowest BCUT2D eigenvalue weighted by Gasteiger charge is -2.33. The van der Waals surface area contributed by atoms with E-state index in [1.54, 1.807) is 13.0 Å². The molecule has 0 saturated carbocycles. The van der Waals surface area contributed by atoms with E-state index < -0.39 is 40.5 Å². The number of nitrogens with zero attached hydrogens (tertiary/aromatic N) is 6. The number of nitrogens with one attached hydrogen (secondary N) is 1. The number of hydrogen-bond acceptors (Lipinski definition) is 8. The topological polar surface area (TPSA) is 152 Å². The predicted octanol–water partition coefficient (Wildman–Crippen LogP) is 1.73. The van der Waals surface area contributed by atoms with Crippen LogP contribution in [0.25, 0.3) is 11.0 Å². The van der Waals surface area contributed by atoms with Crippen LogP contribution in [0.15, 0.2) is 46.5 Å². The smallest absolute Gasteiger partial charge is 0.263 e. The summed E-state index contributed by atoms with van der Waals surface area (Å²) < 4.78 is 17.1. The van der Waals surface area contributed by atoms with Crippen molar-refractivity contribution < 1.29 is 19.1 Å². The van der Waals surface area contributed by atoms with Gasteiger partial charge in [0.1, 0.15) is 23.8 Å². The van der Waals surface area contributed by atoms with Crippen LogP contribution in [-0.4, -0.2) is 74.1 Å². The summed E-state index contributed by atoms with van der Waals surface area (Å²) >= 11 is 6.36. The molecule has 1 fully saturated rings. The predicted molar refractivity (Wildman–Crippen MR) is 156 cm³/mol. The highest BCUT2D eigenvalue weighted by atomic mass is 35.5. The number of amides is 2. The summed E-state index contributed by atoms with van der Waals surface area (Å²) in [6, 6.07) is 1.72. The van der Waals surface area contributed by atoms with Crippen molar-refractivity contribution >= 4 is 46.0 Å². The molecule has 4 N–H and O–H groups in total. The van der Waals surface area contributed by atoms with E-state index in [0.29, 0.717) is 17.3 Å². The normalized spacial score (nSPS) is 17.5. The van der Waals surface area contributed by atoms with Crippen LogP contribution in [0.3, 0.4) is 0 Å². The number of aliphatic hydroxyl groups excluding tert-OH is 1. The van der Waals surface area contributed by atoms with Gasteiger partial charge in [0, 0.05) is 51.1 Å². The van der Waals surface area contributed by atoms with Gasteiger partial charge in [-0.05, 0) is 26.0 Å². The van der Waals surface area contributed by atoms with Crippen molar-refractivity contribution in [3.8, 4) is 11.8 Å². The van der Waals surface area contributed by atoms with Crippen molar-refractivity contribution in [2.45, 2.75) is 19.4 Å². The molecule has 1 aliphatic heterocycles. The molecule has 1 atom stereocenters. The third kappa shape index (κ3) is 5.46. The van der Waals surface area contributed by atoms with Gasteiger partial charge < -0.3 is 30.5 Å². The molecule has 218 valence electrons. The molecule has 5 rings (SSSR count). The SMILES string of the molecule is Cc1nc2c(c(C3C#CC(F)=C(O)C(C(N)=O)=C3)cn2CC(=O)Nc2cc(N3CCN(C)CC3)ncc2Cl)c(=O)n1C. The number of carbonyl (C=O) groups is 2. The molecule has 1 aliphatic carbocycles. The Hall–Kier alpha value is -4.67. The van der Waals surface area contributed by atoms with Gasteiger partial charge in [-0.1, -0.05) is 17.5 Å². The molecule has 0 aromatic carbocycles. The van der Waals surface area contributed by atoms with Crippen LogP contribution < -0.4 is 21.5 Å². The molecule has 1 saturated heterocycles. The number of anilines is 2. The maximum atomic E-state index is 14.3. The van der Waals surface area contributed by atoms with Crippen LogP contribution in [0.5, 0.6) is 0 Å². The number of aromatic nitrogens is 4. The fourth-order valence-electron chi connectivity index (χ4n) is 4.85. The summed E-state index contributed by atoms with van der Waals surface area (Å²) in [5.41, 5.74) is 5.27. The van der Waals surface area contributed by atoms with Crippen LogP contribution in [0.4, 0.5) is 15.9 Å². The molecule has 3 aromatic rings. The summed E-state index contributed by atoms with van der Waals surface area (Å²) in [5, 5.41) is 13.3. The van der Waals surface area contributed by atoms with Crippen molar-refractivity contribution in [1.29, 1.82) is 0 Å². The minimum absolute atomic E-state index is 0.122. The number of carbonyl (C=O) groups excluding carboxylic acids is 2. The Balaban J connectivity index is 1.50. The fraction of sp³-hybridized carbons (Fsp3) is 0.321. The first-order valence-electron chi connectivity index (χ1n) is 13.0. The Morgan fingerprint density at radius 3 is 2.67 bits per heavy atom. The molecule has 42 heavy (non-hydrogen) atoms. The second-order valence-electron chi connectivity index (χ2n) is 10.1. The number of fused-ring (bicyclic) bond motifs is 1. The Labute approximate surface area is 244 Å². The van der Waals surface area contributed by atoms with Gasteiger partial charge in [-0.25, -0.2) is 9.97 Å². The number of pyridine rings is 1. The van der Waals surface area contributed by atoms with Gasteiger partial charge in [0.25, 0.3) is 11.5 Å². The lowest BCUT2D eigenvalue weighted by Crippen LogP contribution is -2.44. The van der Waals surface area contributed by atoms with Crippen molar-refractivity contribution in [3.05, 3.63) is 68.5 Å². The quantitative estimate of drug-likeness (QED) is 0.365. The van der Waals surface area contributed by atoms with Crippen LogP contribution in [0.2, 0.25) is 5.02 Å². The average molecular weight is 595 g/mol. The minimum atomic E-state index is -1.22. The highest BCUT2D eigenvalue weighted by Crippen LogP contribution is 2.31. The van der Waals surface area contributed by atoms with E-state index in [1.165, 1.54) is 34.7 Å². The largest absolute Gasteiger partial charge is 0.504 e. The molecule has 1 unspecified atom stereocenters. The first kappa shape index (κ1) is 28.8. The fourth-order valence-corrected chi connectivity index (χ4v) is 5.00. The molecule has 2 amide bonds. The van der Waals surface area contributed by atoms with Crippen molar-refractivity contribution in [2.24, 2.45) is 12.8 Å². The number of hydrogen-bond donors (Lipinski definition) is 3. The molecule has 0 bridgehead atoms. The zero-order valence-electron chi connectivity index (χ0n) is 23.1. The Morgan fingerprint density at radius 2 is 1.98 bits per heavy atom. The van der Waals surface area contributed by atoms with E-state index >= 15 is 0 Å². The Bertz CT molecular complexity index is 1810. The molecule has 14 heteroatoms. The summed E-state index contributed by atoms with van der Waals surface area (Å²) in [4.78, 5) is 51.9. The maximum absolute atomic E-state index is 14.3. The number of rotatable bonds is 6. The summed E-state index contributed by atoms with van der Waals surface area (Å²) in [6.07, 6.45) is 4.17. The number of allylic oxidation sites excluding steroid dienone is 2. The van der Waals surface area contributed by atoms with E-state index in [0.717, 1.165) is 26.2 Å². The summed E-state index contributed by atoms with van der Waals surface area (Å²) in [6.45, 7) is 4.70. The first-order chi connectivity index (χ1) is 19.9. The molecule has 2 aliphatic rings.